The Labute approximate surface area is 91.9 Å². The second-order valence-corrected chi connectivity index (χ2v) is 4.29. The summed E-state index contributed by atoms with van der Waals surface area (Å²) >= 11 is 5.41. The number of carbonyl (C=O) groups excluding carboxylic acids is 1. The van der Waals surface area contributed by atoms with Crippen LogP contribution < -0.4 is 11.3 Å². The molecule has 0 spiro atoms. The highest BCUT2D eigenvalue weighted by Crippen LogP contribution is 2.16. The third-order valence-corrected chi connectivity index (χ3v) is 2.34. The number of halogens is 2. The molecule has 0 saturated heterocycles. The van der Waals surface area contributed by atoms with Gasteiger partial charge in [-0.05, 0) is 40.8 Å². The fraction of sp³-hybridized carbons (Fsp3) is 0. The van der Waals surface area contributed by atoms with Crippen molar-refractivity contribution in [2.24, 2.45) is 5.84 Å². The van der Waals surface area contributed by atoms with Crippen molar-refractivity contribution in [2.45, 2.75) is 0 Å². The van der Waals surface area contributed by atoms with Crippen LogP contribution in [0.2, 0.25) is 0 Å². The molecule has 0 atom stereocenters. The first kappa shape index (κ1) is 9.94. The number of nitrogen functional groups attached to an aromatic ring is 1. The molecule has 5 heteroatoms. The molecule has 0 bridgehead atoms. The van der Waals surface area contributed by atoms with Crippen LogP contribution in [0.25, 0.3) is 0 Å². The molecule has 0 aliphatic rings. The van der Waals surface area contributed by atoms with Crippen LogP contribution in [-0.4, -0.2) is 5.91 Å². The smallest absolute Gasteiger partial charge is 0.265 e. The summed E-state index contributed by atoms with van der Waals surface area (Å²) in [7, 11) is 0. The lowest BCUT2D eigenvalue weighted by Gasteiger charge is -2.00. The van der Waals surface area contributed by atoms with Crippen LogP contribution in [0.15, 0.2) is 22.7 Å². The summed E-state index contributed by atoms with van der Waals surface area (Å²) in [4.78, 5) is 11.1. The Morgan fingerprint density at radius 3 is 2.67 bits per heavy atom. The van der Waals surface area contributed by atoms with Crippen LogP contribution in [-0.2, 0) is 0 Å². The average Bonchev–Trinajstić information content (AvgIpc) is 2.01. The molecule has 0 unspecified atom stereocenters. The van der Waals surface area contributed by atoms with Gasteiger partial charge in [0.25, 0.3) is 5.91 Å². The number of hydrogen-bond acceptors (Lipinski definition) is 2. The van der Waals surface area contributed by atoms with E-state index in [1.54, 1.807) is 12.1 Å². The zero-order valence-corrected chi connectivity index (χ0v) is 9.72. The predicted molar refractivity (Wildman–Crippen MR) is 58.5 cm³/mol. The maximum atomic E-state index is 11.1. The Balaban J connectivity index is 3.08. The van der Waals surface area contributed by atoms with E-state index < -0.39 is 0 Å². The minimum Gasteiger partial charge on any atom is -0.290 e. The molecule has 3 N–H and O–H groups in total. The predicted octanol–water partition coefficient (Wildman–Crippen LogP) is 1.66. The summed E-state index contributed by atoms with van der Waals surface area (Å²) in [6.45, 7) is 0. The summed E-state index contributed by atoms with van der Waals surface area (Å²) < 4.78 is 1.86. The minimum absolute atomic E-state index is 0.283. The van der Waals surface area contributed by atoms with E-state index in [0.717, 1.165) is 8.04 Å². The van der Waals surface area contributed by atoms with Crippen molar-refractivity contribution < 1.29 is 4.79 Å². The van der Waals surface area contributed by atoms with Gasteiger partial charge in [0.2, 0.25) is 0 Å². The van der Waals surface area contributed by atoms with Crippen LogP contribution in [0.3, 0.4) is 0 Å². The van der Waals surface area contributed by atoms with Gasteiger partial charge in [-0.15, -0.1) is 0 Å². The zero-order valence-electron chi connectivity index (χ0n) is 5.97. The largest absolute Gasteiger partial charge is 0.290 e. The molecule has 0 heterocycles. The van der Waals surface area contributed by atoms with Crippen LogP contribution in [0.1, 0.15) is 10.4 Å². The fourth-order valence-electron chi connectivity index (χ4n) is 0.768. The van der Waals surface area contributed by atoms with Gasteiger partial charge < -0.3 is 0 Å². The van der Waals surface area contributed by atoms with Gasteiger partial charge in [0.15, 0.2) is 0 Å². The van der Waals surface area contributed by atoms with E-state index in [-0.39, 0.29) is 5.91 Å². The van der Waals surface area contributed by atoms with Gasteiger partial charge in [-0.3, -0.25) is 10.2 Å². The van der Waals surface area contributed by atoms with Crippen molar-refractivity contribution >= 4 is 44.4 Å². The molecule has 64 valence electrons. The first-order valence-corrected chi connectivity index (χ1v) is 4.97. The lowest BCUT2D eigenvalue weighted by Crippen LogP contribution is -2.29. The van der Waals surface area contributed by atoms with E-state index in [1.165, 1.54) is 0 Å². The Bertz CT molecular complexity index is 296. The Morgan fingerprint density at radius 1 is 1.50 bits per heavy atom. The number of carbonyl (C=O) groups is 1. The summed E-state index contributed by atoms with van der Waals surface area (Å²) in [6, 6.07) is 5.38. The first-order valence-electron chi connectivity index (χ1n) is 3.10. The van der Waals surface area contributed by atoms with Crippen LogP contribution in [0, 0.1) is 3.57 Å². The van der Waals surface area contributed by atoms with Gasteiger partial charge in [-0.1, -0.05) is 15.9 Å². The Kier molecular flexibility index (Phi) is 3.48. The van der Waals surface area contributed by atoms with E-state index >= 15 is 0 Å². The average molecular weight is 341 g/mol. The van der Waals surface area contributed by atoms with Crippen LogP contribution in [0.5, 0.6) is 0 Å². The second-order valence-electron chi connectivity index (χ2n) is 2.13. The second kappa shape index (κ2) is 4.20. The fourth-order valence-corrected chi connectivity index (χ4v) is 2.36. The molecule has 3 nitrogen and oxygen atoms in total. The van der Waals surface area contributed by atoms with Gasteiger partial charge in [-0.25, -0.2) is 5.84 Å². The van der Waals surface area contributed by atoms with Crippen molar-refractivity contribution in [1.82, 2.24) is 5.43 Å². The van der Waals surface area contributed by atoms with E-state index in [2.05, 4.69) is 43.9 Å². The highest BCUT2D eigenvalue weighted by Gasteiger charge is 2.04. The van der Waals surface area contributed by atoms with Gasteiger partial charge in [0.1, 0.15) is 0 Å². The number of rotatable bonds is 1. The monoisotopic (exact) mass is 340 g/mol. The highest BCUT2D eigenvalue weighted by molar-refractivity contribution is 14.1. The molecule has 1 rings (SSSR count). The van der Waals surface area contributed by atoms with Crippen molar-refractivity contribution in [3.05, 3.63) is 31.8 Å². The van der Waals surface area contributed by atoms with Gasteiger partial charge in [-0.2, -0.15) is 0 Å². The quantitative estimate of drug-likeness (QED) is 0.353. The molecule has 1 aromatic carbocycles. The van der Waals surface area contributed by atoms with E-state index in [1.807, 2.05) is 6.07 Å². The standard InChI is InChI=1S/C7H6BrIN2O/c8-5-1-4(7(12)11-10)2-6(9)3-5/h1-3H,10H2,(H,11,12). The summed E-state index contributed by atoms with van der Waals surface area (Å²) in [5.41, 5.74) is 2.62. The van der Waals surface area contributed by atoms with E-state index in [9.17, 15) is 4.79 Å². The molecule has 0 aromatic heterocycles. The highest BCUT2D eigenvalue weighted by atomic mass is 127. The molecule has 0 saturated carbocycles. The Hall–Kier alpha value is -0.140. The maximum absolute atomic E-state index is 11.1. The van der Waals surface area contributed by atoms with Crippen LogP contribution >= 0.6 is 38.5 Å². The number of hydrogen-bond donors (Lipinski definition) is 2. The number of hydrazine groups is 1. The zero-order chi connectivity index (χ0) is 9.14. The lowest BCUT2D eigenvalue weighted by atomic mass is 10.2. The van der Waals surface area contributed by atoms with Gasteiger partial charge in [0, 0.05) is 13.6 Å². The molecule has 0 radical (unpaired) electrons. The third kappa shape index (κ3) is 2.43. The molecule has 0 aliphatic heterocycles. The summed E-state index contributed by atoms with van der Waals surface area (Å²) in [6.07, 6.45) is 0. The molecular formula is C7H6BrIN2O. The lowest BCUT2D eigenvalue weighted by molar-refractivity contribution is 0.0953. The number of benzene rings is 1. The van der Waals surface area contributed by atoms with Gasteiger partial charge in [0.05, 0.1) is 0 Å². The summed E-state index contributed by atoms with van der Waals surface area (Å²) in [5.74, 6) is 4.70. The molecular weight excluding hydrogens is 335 g/mol. The number of amides is 1. The normalized spacial score (nSPS) is 9.58. The van der Waals surface area contributed by atoms with Crippen molar-refractivity contribution in [2.75, 3.05) is 0 Å². The number of nitrogens with one attached hydrogen (secondary N) is 1. The topological polar surface area (TPSA) is 55.1 Å². The molecule has 0 fully saturated rings. The SMILES string of the molecule is NNC(=O)c1cc(Br)cc(I)c1. The van der Waals surface area contributed by atoms with Gasteiger partial charge >= 0.3 is 0 Å². The number of nitrogens with two attached hydrogens (primary N) is 1. The molecule has 0 aliphatic carbocycles. The third-order valence-electron chi connectivity index (χ3n) is 1.26. The van der Waals surface area contributed by atoms with Crippen LogP contribution in [0.4, 0.5) is 0 Å². The molecule has 1 aromatic rings. The van der Waals surface area contributed by atoms with Crippen molar-refractivity contribution in [3.8, 4) is 0 Å². The van der Waals surface area contributed by atoms with E-state index in [0.29, 0.717) is 5.56 Å². The summed E-state index contributed by atoms with van der Waals surface area (Å²) in [5, 5.41) is 0. The minimum atomic E-state index is -0.283. The molecule has 12 heavy (non-hydrogen) atoms. The van der Waals surface area contributed by atoms with Crippen molar-refractivity contribution in [3.63, 3.8) is 0 Å². The first-order chi connectivity index (χ1) is 5.63. The van der Waals surface area contributed by atoms with Crippen molar-refractivity contribution in [1.29, 1.82) is 0 Å². The molecule has 1 amide bonds. The maximum Gasteiger partial charge on any atom is 0.265 e. The Morgan fingerprint density at radius 2 is 2.17 bits per heavy atom. The van der Waals surface area contributed by atoms with E-state index in [4.69, 9.17) is 5.84 Å².